The first-order valence-corrected chi connectivity index (χ1v) is 7.49. The molecule has 8 nitrogen and oxygen atoms in total. The molecule has 0 aliphatic carbocycles. The summed E-state index contributed by atoms with van der Waals surface area (Å²) < 4.78 is 0. The number of carboxylic acid groups (broad SMARTS) is 1. The molecule has 23 heavy (non-hydrogen) atoms. The molecule has 8 heteroatoms. The largest absolute Gasteiger partial charge is 0.480 e. The van der Waals surface area contributed by atoms with Crippen LogP contribution in [0.3, 0.4) is 0 Å². The van der Waals surface area contributed by atoms with Crippen LogP contribution in [0.15, 0.2) is 30.3 Å². The summed E-state index contributed by atoms with van der Waals surface area (Å²) in [5, 5.41) is 14.6. The molecule has 0 radical (unpaired) electrons. The minimum atomic E-state index is -0.967. The summed E-state index contributed by atoms with van der Waals surface area (Å²) in [5.74, 6) is 0.234. The number of nitrogens with one attached hydrogen (secondary N) is 2. The van der Waals surface area contributed by atoms with Crippen molar-refractivity contribution in [1.29, 1.82) is 0 Å². The molecule has 0 unspecified atom stereocenters. The predicted molar refractivity (Wildman–Crippen MR) is 87.1 cm³/mol. The van der Waals surface area contributed by atoms with Gasteiger partial charge >= 0.3 is 5.97 Å². The lowest BCUT2D eigenvalue weighted by atomic mass is 10.3. The molecule has 0 saturated carbocycles. The van der Waals surface area contributed by atoms with Gasteiger partial charge in [0.1, 0.15) is 6.54 Å². The third-order valence-corrected chi connectivity index (χ3v) is 3.44. The molecule has 2 heterocycles. The standard InChI is InChI=1S/C15H18N6O2/c22-12(23)10-16-13-18-14(17-11-6-2-1-3-7-11)20-15(19-13)21-8-4-5-9-21/h1-3,6-7H,4-5,8-10H2,(H,22,23)(H2,16,17,18,19,20). The van der Waals surface area contributed by atoms with Crippen molar-refractivity contribution in [2.45, 2.75) is 12.8 Å². The van der Waals surface area contributed by atoms with Crippen LogP contribution in [0.25, 0.3) is 0 Å². The van der Waals surface area contributed by atoms with Crippen LogP contribution in [0.5, 0.6) is 0 Å². The highest BCUT2D eigenvalue weighted by atomic mass is 16.4. The van der Waals surface area contributed by atoms with Gasteiger partial charge in [-0.15, -0.1) is 0 Å². The maximum absolute atomic E-state index is 10.7. The van der Waals surface area contributed by atoms with Crippen LogP contribution in [0.2, 0.25) is 0 Å². The molecule has 1 aromatic heterocycles. The van der Waals surface area contributed by atoms with Crippen LogP contribution in [-0.4, -0.2) is 45.7 Å². The van der Waals surface area contributed by atoms with Crippen molar-refractivity contribution in [2.24, 2.45) is 0 Å². The van der Waals surface area contributed by atoms with E-state index < -0.39 is 5.97 Å². The first-order chi connectivity index (χ1) is 11.2. The summed E-state index contributed by atoms with van der Waals surface area (Å²) in [6.45, 7) is 1.55. The SMILES string of the molecule is O=C(O)CNc1nc(Nc2ccccc2)nc(N2CCCC2)n1. The number of anilines is 4. The van der Waals surface area contributed by atoms with Crippen LogP contribution < -0.4 is 15.5 Å². The molecule has 1 aliphatic heterocycles. The van der Waals surface area contributed by atoms with Crippen LogP contribution in [-0.2, 0) is 4.79 Å². The zero-order valence-corrected chi connectivity index (χ0v) is 12.6. The second kappa shape index (κ2) is 6.91. The van der Waals surface area contributed by atoms with Crippen molar-refractivity contribution < 1.29 is 9.90 Å². The summed E-state index contributed by atoms with van der Waals surface area (Å²) in [5.41, 5.74) is 0.857. The molecule has 1 saturated heterocycles. The maximum Gasteiger partial charge on any atom is 0.322 e. The van der Waals surface area contributed by atoms with E-state index in [-0.39, 0.29) is 12.5 Å². The molecular weight excluding hydrogens is 296 g/mol. The van der Waals surface area contributed by atoms with Gasteiger partial charge in [-0.1, -0.05) is 18.2 Å². The van der Waals surface area contributed by atoms with E-state index in [1.54, 1.807) is 0 Å². The monoisotopic (exact) mass is 314 g/mol. The number of hydrogen-bond acceptors (Lipinski definition) is 7. The third-order valence-electron chi connectivity index (χ3n) is 3.44. The first-order valence-electron chi connectivity index (χ1n) is 7.49. The van der Waals surface area contributed by atoms with Crippen molar-refractivity contribution in [3.8, 4) is 0 Å². The fraction of sp³-hybridized carbons (Fsp3) is 0.333. The summed E-state index contributed by atoms with van der Waals surface area (Å²) in [7, 11) is 0. The normalized spacial score (nSPS) is 13.8. The fourth-order valence-corrected chi connectivity index (χ4v) is 2.36. The molecule has 1 aliphatic rings. The Morgan fingerprint density at radius 1 is 1.09 bits per heavy atom. The molecule has 1 aromatic carbocycles. The zero-order chi connectivity index (χ0) is 16.1. The van der Waals surface area contributed by atoms with E-state index in [1.165, 1.54) is 0 Å². The van der Waals surface area contributed by atoms with E-state index in [0.717, 1.165) is 31.6 Å². The lowest BCUT2D eigenvalue weighted by molar-refractivity contribution is -0.134. The summed E-state index contributed by atoms with van der Waals surface area (Å²) in [6.07, 6.45) is 2.20. The minimum Gasteiger partial charge on any atom is -0.480 e. The van der Waals surface area contributed by atoms with E-state index in [0.29, 0.717) is 11.9 Å². The Morgan fingerprint density at radius 2 is 1.78 bits per heavy atom. The Balaban J connectivity index is 1.85. The van der Waals surface area contributed by atoms with Gasteiger partial charge in [-0.3, -0.25) is 4.79 Å². The van der Waals surface area contributed by atoms with Crippen molar-refractivity contribution in [3.05, 3.63) is 30.3 Å². The van der Waals surface area contributed by atoms with Crippen LogP contribution in [0.1, 0.15) is 12.8 Å². The van der Waals surface area contributed by atoms with E-state index in [2.05, 4.69) is 30.5 Å². The molecule has 0 amide bonds. The van der Waals surface area contributed by atoms with Gasteiger partial charge < -0.3 is 20.6 Å². The Labute approximate surface area is 133 Å². The highest BCUT2D eigenvalue weighted by Gasteiger charge is 2.17. The average molecular weight is 314 g/mol. The number of para-hydroxylation sites is 1. The number of rotatable bonds is 6. The summed E-state index contributed by atoms with van der Waals surface area (Å²) in [4.78, 5) is 25.8. The summed E-state index contributed by atoms with van der Waals surface area (Å²) >= 11 is 0. The highest BCUT2D eigenvalue weighted by Crippen LogP contribution is 2.20. The second-order valence-electron chi connectivity index (χ2n) is 5.22. The van der Waals surface area contributed by atoms with Crippen molar-refractivity contribution in [3.63, 3.8) is 0 Å². The number of aliphatic carboxylic acids is 1. The van der Waals surface area contributed by atoms with Gasteiger partial charge in [-0.2, -0.15) is 15.0 Å². The van der Waals surface area contributed by atoms with Gasteiger partial charge in [-0.05, 0) is 25.0 Å². The van der Waals surface area contributed by atoms with Gasteiger partial charge in [0.05, 0.1) is 0 Å². The lowest BCUT2D eigenvalue weighted by Gasteiger charge is -2.17. The van der Waals surface area contributed by atoms with Gasteiger partial charge in [0.25, 0.3) is 0 Å². The number of nitrogens with zero attached hydrogens (tertiary/aromatic N) is 4. The maximum atomic E-state index is 10.7. The van der Waals surface area contributed by atoms with Crippen LogP contribution in [0.4, 0.5) is 23.5 Å². The van der Waals surface area contributed by atoms with Crippen LogP contribution >= 0.6 is 0 Å². The smallest absolute Gasteiger partial charge is 0.322 e. The molecule has 0 spiro atoms. The number of carboxylic acids is 1. The molecule has 2 aromatic rings. The van der Waals surface area contributed by atoms with E-state index >= 15 is 0 Å². The number of hydrogen-bond donors (Lipinski definition) is 3. The van der Waals surface area contributed by atoms with E-state index in [9.17, 15) is 4.79 Å². The Hall–Kier alpha value is -2.90. The van der Waals surface area contributed by atoms with Crippen molar-refractivity contribution in [1.82, 2.24) is 15.0 Å². The van der Waals surface area contributed by atoms with Crippen molar-refractivity contribution >= 4 is 29.5 Å². The fourth-order valence-electron chi connectivity index (χ4n) is 2.36. The minimum absolute atomic E-state index is 0.242. The Bertz CT molecular complexity index is 673. The molecule has 3 N–H and O–H groups in total. The lowest BCUT2D eigenvalue weighted by Crippen LogP contribution is -2.23. The predicted octanol–water partition coefficient (Wildman–Crippen LogP) is 1.71. The molecule has 3 rings (SSSR count). The van der Waals surface area contributed by atoms with Gasteiger partial charge in [-0.25, -0.2) is 0 Å². The Morgan fingerprint density at radius 3 is 2.48 bits per heavy atom. The van der Waals surface area contributed by atoms with E-state index in [4.69, 9.17) is 5.11 Å². The molecule has 0 atom stereocenters. The quantitative estimate of drug-likeness (QED) is 0.740. The second-order valence-corrected chi connectivity index (χ2v) is 5.22. The number of aromatic nitrogens is 3. The zero-order valence-electron chi connectivity index (χ0n) is 12.6. The van der Waals surface area contributed by atoms with Crippen LogP contribution in [0, 0.1) is 0 Å². The first kappa shape index (κ1) is 15.0. The highest BCUT2D eigenvalue weighted by molar-refractivity contribution is 5.72. The molecular formula is C15H18N6O2. The van der Waals surface area contributed by atoms with E-state index in [1.807, 2.05) is 30.3 Å². The number of benzene rings is 1. The van der Waals surface area contributed by atoms with Gasteiger partial charge in [0.2, 0.25) is 17.8 Å². The van der Waals surface area contributed by atoms with Gasteiger partial charge in [0, 0.05) is 18.8 Å². The topological polar surface area (TPSA) is 103 Å². The third kappa shape index (κ3) is 4.06. The Kier molecular flexibility index (Phi) is 4.51. The molecule has 1 fully saturated rings. The van der Waals surface area contributed by atoms with Gasteiger partial charge in [0.15, 0.2) is 0 Å². The average Bonchev–Trinajstić information content (AvgIpc) is 3.08. The summed E-state index contributed by atoms with van der Waals surface area (Å²) in [6, 6.07) is 9.56. The van der Waals surface area contributed by atoms with Crippen molar-refractivity contribution in [2.75, 3.05) is 35.2 Å². The molecule has 0 bridgehead atoms. The number of carbonyl (C=O) groups is 1. The molecule has 120 valence electrons.